The average Bonchev–Trinajstić information content (AvgIpc) is 2.29. The maximum Gasteiger partial charge on any atom is 0.137 e. The second-order valence-corrected chi connectivity index (χ2v) is 5.02. The van der Waals surface area contributed by atoms with Crippen LogP contribution in [0.5, 0.6) is 0 Å². The van der Waals surface area contributed by atoms with Crippen LogP contribution in [0.2, 0.25) is 0 Å². The molecule has 0 bridgehead atoms. The van der Waals surface area contributed by atoms with Crippen molar-refractivity contribution >= 4 is 18.4 Å². The first-order chi connectivity index (χ1) is 7.70. The first-order valence-electron chi connectivity index (χ1n) is 4.74. The summed E-state index contributed by atoms with van der Waals surface area (Å²) in [5.41, 5.74) is 0. The summed E-state index contributed by atoms with van der Waals surface area (Å²) in [6, 6.07) is 11.5. The van der Waals surface area contributed by atoms with E-state index in [9.17, 15) is 13.3 Å². The van der Waals surface area contributed by atoms with Crippen LogP contribution in [0.4, 0.5) is 8.78 Å². The number of rotatable bonds is 2. The Morgan fingerprint density at radius 3 is 1.50 bits per heavy atom. The highest BCUT2D eigenvalue weighted by Crippen LogP contribution is 2.22. The van der Waals surface area contributed by atoms with E-state index in [1.807, 2.05) is 0 Å². The van der Waals surface area contributed by atoms with Crippen LogP contribution in [-0.2, 0) is 4.57 Å². The molecule has 0 radical (unpaired) electrons. The van der Waals surface area contributed by atoms with Gasteiger partial charge in [0.25, 0.3) is 0 Å². The topological polar surface area (TPSA) is 17.1 Å². The Morgan fingerprint density at radius 1 is 0.750 bits per heavy atom. The molecule has 1 nitrogen and oxygen atoms in total. The van der Waals surface area contributed by atoms with Crippen molar-refractivity contribution in [1.29, 1.82) is 0 Å². The van der Waals surface area contributed by atoms with E-state index in [4.69, 9.17) is 0 Å². The summed E-state index contributed by atoms with van der Waals surface area (Å²) >= 11 is 0. The summed E-state index contributed by atoms with van der Waals surface area (Å²) in [7, 11) is -2.60. The van der Waals surface area contributed by atoms with Gasteiger partial charge in [-0.25, -0.2) is 8.78 Å². The van der Waals surface area contributed by atoms with Crippen LogP contribution in [0.25, 0.3) is 0 Å². The van der Waals surface area contributed by atoms with E-state index in [-0.39, 0.29) is 10.6 Å². The Hall–Kier alpha value is -1.47. The maximum atomic E-state index is 13.4. The van der Waals surface area contributed by atoms with Crippen LogP contribution in [-0.4, -0.2) is 0 Å². The molecule has 2 aromatic rings. The fourth-order valence-electron chi connectivity index (χ4n) is 1.44. The molecule has 0 aliphatic rings. The number of hydrogen-bond acceptors (Lipinski definition) is 1. The summed E-state index contributed by atoms with van der Waals surface area (Å²) in [6.45, 7) is 0. The molecule has 2 aromatic carbocycles. The van der Waals surface area contributed by atoms with Crippen molar-refractivity contribution in [3.63, 3.8) is 0 Å². The molecule has 4 heteroatoms. The zero-order chi connectivity index (χ0) is 11.5. The molecule has 0 N–H and O–H groups in total. The second kappa shape index (κ2) is 4.58. The highest BCUT2D eigenvalue weighted by Gasteiger charge is 2.14. The van der Waals surface area contributed by atoms with E-state index in [2.05, 4.69) is 0 Å². The van der Waals surface area contributed by atoms with Gasteiger partial charge in [-0.3, -0.25) is 0 Å². The largest absolute Gasteiger partial charge is 0.317 e. The van der Waals surface area contributed by atoms with Gasteiger partial charge in [0.15, 0.2) is 0 Å². The Morgan fingerprint density at radius 2 is 1.12 bits per heavy atom. The van der Waals surface area contributed by atoms with Gasteiger partial charge in [0, 0.05) is 10.6 Å². The number of halogens is 2. The maximum absolute atomic E-state index is 13.4. The molecule has 0 unspecified atom stereocenters. The quantitative estimate of drug-likeness (QED) is 0.734. The predicted molar refractivity (Wildman–Crippen MR) is 61.1 cm³/mol. The van der Waals surface area contributed by atoms with E-state index in [0.717, 1.165) is 0 Å². The van der Waals surface area contributed by atoms with Crippen LogP contribution in [0.15, 0.2) is 48.5 Å². The van der Waals surface area contributed by atoms with Gasteiger partial charge in [0.2, 0.25) is 0 Å². The molecule has 2 rings (SSSR count). The molecule has 0 aliphatic carbocycles. The van der Waals surface area contributed by atoms with Crippen LogP contribution >= 0.6 is 7.80 Å². The van der Waals surface area contributed by atoms with Gasteiger partial charge in [-0.05, 0) is 24.3 Å². The molecular weight excluding hydrogens is 229 g/mol. The minimum absolute atomic E-state index is 0.0672. The van der Waals surface area contributed by atoms with E-state index in [1.165, 1.54) is 36.4 Å². The van der Waals surface area contributed by atoms with Gasteiger partial charge >= 0.3 is 0 Å². The van der Waals surface area contributed by atoms with Crippen LogP contribution in [0.1, 0.15) is 0 Å². The van der Waals surface area contributed by atoms with Crippen LogP contribution in [0.3, 0.4) is 0 Å². The Labute approximate surface area is 92.5 Å². The van der Waals surface area contributed by atoms with Gasteiger partial charge in [-0.15, -0.1) is 0 Å². The van der Waals surface area contributed by atoms with Gasteiger partial charge in [0.1, 0.15) is 19.4 Å². The summed E-state index contributed by atoms with van der Waals surface area (Å²) in [5, 5.41) is 0.134. The number of hydrogen-bond donors (Lipinski definition) is 0. The van der Waals surface area contributed by atoms with Crippen molar-refractivity contribution in [2.24, 2.45) is 0 Å². The van der Waals surface area contributed by atoms with E-state index in [1.54, 1.807) is 12.1 Å². The monoisotopic (exact) mass is 238 g/mol. The average molecular weight is 238 g/mol. The normalized spacial score (nSPS) is 10.7. The van der Waals surface area contributed by atoms with Gasteiger partial charge in [0.05, 0.1) is 0 Å². The zero-order valence-electron chi connectivity index (χ0n) is 8.28. The van der Waals surface area contributed by atoms with Crippen molar-refractivity contribution in [3.05, 3.63) is 60.2 Å². The third kappa shape index (κ3) is 2.05. The molecule has 16 heavy (non-hydrogen) atoms. The molecule has 0 amide bonds. The molecule has 0 aromatic heterocycles. The molecule has 0 saturated carbocycles. The first-order valence-corrected chi connectivity index (χ1v) is 6.15. The van der Waals surface area contributed by atoms with Crippen molar-refractivity contribution < 1.29 is 13.3 Å². The van der Waals surface area contributed by atoms with Crippen LogP contribution < -0.4 is 10.6 Å². The molecule has 82 valence electrons. The lowest BCUT2D eigenvalue weighted by atomic mass is 10.3. The SMILES string of the molecule is O=[PH](c1ccccc1F)c1ccccc1F. The lowest BCUT2D eigenvalue weighted by molar-refractivity contribution is 0.591. The minimum atomic E-state index is -2.60. The molecular formula is C12H9F2OP. The molecule has 0 heterocycles. The fraction of sp³-hybridized carbons (Fsp3) is 0. The standard InChI is InChI=1S/C12H9F2OP/c13-9-5-1-3-7-11(9)16(15)12-8-4-2-6-10(12)14/h1-8,16H. The minimum Gasteiger partial charge on any atom is -0.317 e. The third-order valence-electron chi connectivity index (χ3n) is 2.24. The van der Waals surface area contributed by atoms with E-state index >= 15 is 0 Å². The molecule has 0 saturated heterocycles. The zero-order valence-corrected chi connectivity index (χ0v) is 9.28. The van der Waals surface area contributed by atoms with E-state index in [0.29, 0.717) is 0 Å². The summed E-state index contributed by atoms with van der Waals surface area (Å²) in [5.74, 6) is -1.12. The predicted octanol–water partition coefficient (Wildman–Crippen LogP) is 2.48. The van der Waals surface area contributed by atoms with Crippen molar-refractivity contribution in [2.45, 2.75) is 0 Å². The highest BCUT2D eigenvalue weighted by atomic mass is 31.1. The van der Waals surface area contributed by atoms with Gasteiger partial charge < -0.3 is 4.57 Å². The molecule has 0 aliphatic heterocycles. The summed E-state index contributed by atoms with van der Waals surface area (Å²) in [6.07, 6.45) is 0. The second-order valence-electron chi connectivity index (χ2n) is 3.29. The number of benzene rings is 2. The Bertz CT molecular complexity index is 493. The lowest BCUT2D eigenvalue weighted by Crippen LogP contribution is -2.12. The van der Waals surface area contributed by atoms with Gasteiger partial charge in [-0.1, -0.05) is 24.3 Å². The summed E-state index contributed by atoms with van der Waals surface area (Å²) in [4.78, 5) is 0. The van der Waals surface area contributed by atoms with Crippen molar-refractivity contribution in [1.82, 2.24) is 0 Å². The lowest BCUT2D eigenvalue weighted by Gasteiger charge is -2.04. The first kappa shape index (κ1) is 11.0. The van der Waals surface area contributed by atoms with Gasteiger partial charge in [-0.2, -0.15) is 0 Å². The Balaban J connectivity index is 2.48. The highest BCUT2D eigenvalue weighted by molar-refractivity contribution is 7.61. The van der Waals surface area contributed by atoms with Crippen molar-refractivity contribution in [2.75, 3.05) is 0 Å². The van der Waals surface area contributed by atoms with Crippen LogP contribution in [0, 0.1) is 11.6 Å². The third-order valence-corrected chi connectivity index (χ3v) is 4.03. The smallest absolute Gasteiger partial charge is 0.137 e. The van der Waals surface area contributed by atoms with E-state index < -0.39 is 19.4 Å². The molecule has 0 spiro atoms. The fourth-order valence-corrected chi connectivity index (χ4v) is 2.82. The Kier molecular flexibility index (Phi) is 3.16. The van der Waals surface area contributed by atoms with Crippen molar-refractivity contribution in [3.8, 4) is 0 Å². The molecule has 0 atom stereocenters. The molecule has 0 fully saturated rings. The summed E-state index contributed by atoms with van der Waals surface area (Å²) < 4.78 is 38.7.